The molecule has 0 unspecified atom stereocenters. The molecule has 10 aromatic rings. The van der Waals surface area contributed by atoms with Crippen LogP contribution in [0.3, 0.4) is 0 Å². The zero-order valence-electron chi connectivity index (χ0n) is 43.4. The normalized spacial score (nSPS) is 15.4. The van der Waals surface area contributed by atoms with E-state index in [2.05, 4.69) is 0 Å². The Morgan fingerprint density at radius 3 is 0.855 bits per heavy atom. The average molecular weight is 1110 g/mol. The lowest BCUT2D eigenvalue weighted by Crippen LogP contribution is -2.55. The summed E-state index contributed by atoms with van der Waals surface area (Å²) in [5.41, 5.74) is 12.6. The van der Waals surface area contributed by atoms with Gasteiger partial charge in [-0.2, -0.15) is 26.3 Å². The molecule has 2 heterocycles. The highest BCUT2D eigenvalue weighted by molar-refractivity contribution is 6.35. The molecule has 0 spiro atoms. The van der Waals surface area contributed by atoms with Gasteiger partial charge in [0.25, 0.3) is 23.6 Å². The predicted octanol–water partition coefficient (Wildman–Crippen LogP) is 14.6. The first-order valence-electron chi connectivity index (χ1n) is 26.4. The van der Waals surface area contributed by atoms with Crippen molar-refractivity contribution in [1.29, 1.82) is 0 Å². The summed E-state index contributed by atoms with van der Waals surface area (Å²) in [5.74, 6) is -4.24. The number of amides is 4. The van der Waals surface area contributed by atoms with E-state index in [0.717, 1.165) is 88.7 Å². The molecule has 0 aromatic heterocycles. The van der Waals surface area contributed by atoms with Gasteiger partial charge in [-0.1, -0.05) is 158 Å². The second kappa shape index (κ2) is 17.8. The lowest BCUT2D eigenvalue weighted by Gasteiger charge is -2.38. The Labute approximate surface area is 470 Å². The molecule has 2 aliphatic heterocycles. The second-order valence-electron chi connectivity index (χ2n) is 21.2. The maximum atomic E-state index is 16.0. The predicted molar refractivity (Wildman–Crippen MR) is 304 cm³/mol. The molecule has 0 radical (unpaired) electrons. The summed E-state index contributed by atoms with van der Waals surface area (Å²) >= 11 is 0. The summed E-state index contributed by atoms with van der Waals surface area (Å²) in [4.78, 5) is 58.8. The first-order valence-corrected chi connectivity index (χ1v) is 26.4. The maximum absolute atomic E-state index is 16.0. The third-order valence-electron chi connectivity index (χ3n) is 17.2. The number of rotatable bonds is 8. The molecule has 2 aliphatic carbocycles. The van der Waals surface area contributed by atoms with Crippen molar-refractivity contribution >= 4 is 46.4 Å². The fourth-order valence-corrected chi connectivity index (χ4v) is 13.6. The second-order valence-corrected chi connectivity index (χ2v) is 21.2. The number of carbonyl (C=O) groups is 4. The van der Waals surface area contributed by atoms with Crippen LogP contribution in [0.15, 0.2) is 231 Å². The van der Waals surface area contributed by atoms with Crippen molar-refractivity contribution in [2.24, 2.45) is 0 Å². The molecule has 0 saturated carbocycles. The summed E-state index contributed by atoms with van der Waals surface area (Å²) in [7, 11) is 0. The number of anilines is 4. The minimum absolute atomic E-state index is 0.0166. The van der Waals surface area contributed by atoms with Crippen LogP contribution in [-0.4, -0.2) is 36.0 Å². The Bertz CT molecular complexity index is 4050. The molecule has 4 aliphatic rings. The van der Waals surface area contributed by atoms with Crippen LogP contribution in [0.25, 0.3) is 22.3 Å². The maximum Gasteiger partial charge on any atom is 0.411 e. The van der Waals surface area contributed by atoms with Crippen LogP contribution in [0.1, 0.15) is 97.1 Å². The zero-order valence-corrected chi connectivity index (χ0v) is 43.4. The smallest absolute Gasteiger partial charge is 0.399 e. The number of imide groups is 2. The molecule has 0 atom stereocenters. The molecule has 14 rings (SSSR count). The largest absolute Gasteiger partial charge is 0.411 e. The van der Waals surface area contributed by atoms with Crippen LogP contribution in [-0.2, 0) is 16.2 Å². The minimum Gasteiger partial charge on any atom is -0.399 e. The SMILES string of the molecule is Nc1ccc(C2(c3ccc(N4C(=O)c5ccc(C(c6ccc7c(c6)C(=O)N(c6ccc(C8(c9ccc(N)cc9)c9ccccc9-c9ccccc98)cc6)C7=O)(C(F)(F)F)C(F)(F)F)cc5C4=O)cc3)c3ccccc3-c3ccccc32)cc1. The fourth-order valence-electron chi connectivity index (χ4n) is 13.6. The van der Waals surface area contributed by atoms with Gasteiger partial charge in [-0.25, -0.2) is 9.80 Å². The molecule has 83 heavy (non-hydrogen) atoms. The van der Waals surface area contributed by atoms with Crippen molar-refractivity contribution in [2.75, 3.05) is 21.3 Å². The van der Waals surface area contributed by atoms with Gasteiger partial charge in [-0.3, -0.25) is 19.2 Å². The summed E-state index contributed by atoms with van der Waals surface area (Å²) < 4.78 is 95.8. The molecule has 4 amide bonds. The van der Waals surface area contributed by atoms with E-state index >= 15 is 26.3 Å². The molecule has 14 heteroatoms. The van der Waals surface area contributed by atoms with E-state index in [9.17, 15) is 19.2 Å². The first kappa shape index (κ1) is 50.9. The Hall–Kier alpha value is -10.3. The number of benzene rings is 10. The number of fused-ring (bicyclic) bond motifs is 8. The van der Waals surface area contributed by atoms with Crippen LogP contribution in [0, 0.1) is 0 Å². The molecule has 0 saturated heterocycles. The fraction of sp³-hybridized carbons (Fsp3) is 0.0725. The van der Waals surface area contributed by atoms with Gasteiger partial charge in [-0.05, 0) is 151 Å². The molecule has 0 bridgehead atoms. The van der Waals surface area contributed by atoms with E-state index in [1.54, 1.807) is 48.5 Å². The van der Waals surface area contributed by atoms with Crippen molar-refractivity contribution < 1.29 is 45.5 Å². The van der Waals surface area contributed by atoms with Crippen LogP contribution in [0.5, 0.6) is 0 Å². The van der Waals surface area contributed by atoms with Gasteiger partial charge in [0.15, 0.2) is 0 Å². The molecular formula is C69H42F6N4O4. The number of carbonyl (C=O) groups excluding carboxylic acids is 4. The van der Waals surface area contributed by atoms with Gasteiger partial charge in [0, 0.05) is 11.4 Å². The third kappa shape index (κ3) is 6.83. The van der Waals surface area contributed by atoms with Crippen molar-refractivity contribution in [1.82, 2.24) is 0 Å². The van der Waals surface area contributed by atoms with Crippen molar-refractivity contribution in [3.8, 4) is 22.3 Å². The Morgan fingerprint density at radius 1 is 0.301 bits per heavy atom. The molecule has 8 nitrogen and oxygen atoms in total. The first-order chi connectivity index (χ1) is 39.9. The quantitative estimate of drug-likeness (QED) is 0.0886. The minimum atomic E-state index is -6.17. The van der Waals surface area contributed by atoms with Gasteiger partial charge in [-0.15, -0.1) is 0 Å². The van der Waals surface area contributed by atoms with Gasteiger partial charge in [0.1, 0.15) is 0 Å². The van der Waals surface area contributed by atoms with E-state index in [4.69, 9.17) is 11.5 Å². The van der Waals surface area contributed by atoms with E-state index < -0.39 is 85.6 Å². The number of nitrogens with two attached hydrogens (primary N) is 2. The van der Waals surface area contributed by atoms with E-state index in [-0.39, 0.29) is 11.4 Å². The molecule has 0 fully saturated rings. The van der Waals surface area contributed by atoms with Crippen LogP contribution >= 0.6 is 0 Å². The number of hydrogen-bond acceptors (Lipinski definition) is 6. The summed E-state index contributed by atoms with van der Waals surface area (Å²) in [5, 5.41) is 0. The van der Waals surface area contributed by atoms with E-state index in [1.807, 2.05) is 121 Å². The van der Waals surface area contributed by atoms with Crippen molar-refractivity contribution in [2.45, 2.75) is 28.6 Å². The van der Waals surface area contributed by atoms with Crippen molar-refractivity contribution in [3.05, 3.63) is 308 Å². The average Bonchev–Trinajstić information content (AvgIpc) is 1.81. The van der Waals surface area contributed by atoms with E-state index in [0.29, 0.717) is 35.6 Å². The number of hydrogen-bond donors (Lipinski definition) is 2. The summed E-state index contributed by atoms with van der Waals surface area (Å²) in [6, 6.07) is 63.0. The monoisotopic (exact) mass is 1100 g/mol. The summed E-state index contributed by atoms with van der Waals surface area (Å²) in [6.45, 7) is 0. The van der Waals surface area contributed by atoms with Crippen LogP contribution in [0.2, 0.25) is 0 Å². The number of nitrogens with zero attached hydrogens (tertiary/aromatic N) is 2. The van der Waals surface area contributed by atoms with Gasteiger partial charge >= 0.3 is 12.4 Å². The standard InChI is InChI=1S/C69H42F6N4O4/c70-68(71,72)67(69(73,74)75,43-25-35-53-55(37-43)63(82)78(61(53)80)47-31-21-41(22-32-47)65(39-17-27-45(76)28-18-39)57-13-5-1-9-49(57)50-10-2-6-14-58(50)65)44-26-36-54-56(38-44)64(83)79(62(54)81)48-33-23-42(24-34-48)66(40-19-29-46(77)30-20-40)59-15-7-3-11-51(59)52-12-4-8-16-60(52)66/h1-38H,76-77H2. The summed E-state index contributed by atoms with van der Waals surface area (Å²) in [6.07, 6.45) is -12.3. The Balaban J connectivity index is 0.812. The van der Waals surface area contributed by atoms with E-state index in [1.165, 1.54) is 24.3 Å². The highest BCUT2D eigenvalue weighted by atomic mass is 19.4. The van der Waals surface area contributed by atoms with Gasteiger partial charge < -0.3 is 11.5 Å². The van der Waals surface area contributed by atoms with Crippen LogP contribution in [0.4, 0.5) is 49.1 Å². The number of halogens is 6. The molecule has 404 valence electrons. The molecule has 4 N–H and O–H groups in total. The lowest BCUT2D eigenvalue weighted by molar-refractivity contribution is -0.288. The molecular weight excluding hydrogens is 1060 g/mol. The highest BCUT2D eigenvalue weighted by Gasteiger charge is 2.73. The zero-order chi connectivity index (χ0) is 57.5. The highest BCUT2D eigenvalue weighted by Crippen LogP contribution is 2.60. The lowest BCUT2D eigenvalue weighted by atomic mass is 9.67. The van der Waals surface area contributed by atoms with Crippen LogP contribution < -0.4 is 21.3 Å². The Morgan fingerprint density at radius 2 is 0.566 bits per heavy atom. The number of nitrogen functional groups attached to an aromatic ring is 2. The Kier molecular flexibility index (Phi) is 10.9. The topological polar surface area (TPSA) is 127 Å². The van der Waals surface area contributed by atoms with Crippen molar-refractivity contribution in [3.63, 3.8) is 0 Å². The van der Waals surface area contributed by atoms with Gasteiger partial charge in [0.05, 0.1) is 44.5 Å². The third-order valence-corrected chi connectivity index (χ3v) is 17.2. The number of alkyl halides is 6. The van der Waals surface area contributed by atoms with Gasteiger partial charge in [0.2, 0.25) is 5.41 Å². The molecule has 10 aromatic carbocycles.